The molecule has 0 saturated carbocycles. The summed E-state index contributed by atoms with van der Waals surface area (Å²) in [5.74, 6) is -0.209. The Labute approximate surface area is 169 Å². The molecule has 0 N–H and O–H groups in total. The van der Waals surface area contributed by atoms with Crippen molar-refractivity contribution in [1.29, 1.82) is 0 Å². The number of carbonyl (C=O) groups is 1. The topological polar surface area (TPSA) is 55.2 Å². The molecule has 0 aliphatic carbocycles. The van der Waals surface area contributed by atoms with Gasteiger partial charge in [0.2, 0.25) is 0 Å². The first-order valence-electron chi connectivity index (χ1n) is 9.84. The molecular formula is C24H23N3O2. The summed E-state index contributed by atoms with van der Waals surface area (Å²) < 4.78 is 1.34. The van der Waals surface area contributed by atoms with Crippen LogP contribution in [0.3, 0.4) is 0 Å². The second-order valence-corrected chi connectivity index (χ2v) is 7.17. The lowest BCUT2D eigenvalue weighted by Gasteiger charge is -2.22. The predicted octanol–water partition coefficient (Wildman–Crippen LogP) is 3.94. The van der Waals surface area contributed by atoms with Gasteiger partial charge in [-0.25, -0.2) is 4.68 Å². The fourth-order valence-electron chi connectivity index (χ4n) is 3.70. The average Bonchev–Trinajstić information content (AvgIpc) is 3.29. The Morgan fingerprint density at radius 1 is 0.966 bits per heavy atom. The van der Waals surface area contributed by atoms with Crippen LogP contribution in [-0.4, -0.2) is 28.7 Å². The molecule has 0 spiro atoms. The molecule has 4 rings (SSSR count). The molecule has 0 amide bonds. The van der Waals surface area contributed by atoms with Crippen LogP contribution in [0, 0.1) is 0 Å². The molecule has 146 valence electrons. The Morgan fingerprint density at radius 2 is 1.59 bits per heavy atom. The summed E-state index contributed by atoms with van der Waals surface area (Å²) in [6.45, 7) is 1.55. The molecule has 0 atom stereocenters. The van der Waals surface area contributed by atoms with Crippen LogP contribution in [0.2, 0.25) is 0 Å². The van der Waals surface area contributed by atoms with E-state index in [9.17, 15) is 9.59 Å². The number of allylic oxidation sites excluding steroid dienone is 1. The molecule has 0 unspecified atom stereocenters. The van der Waals surface area contributed by atoms with Crippen LogP contribution in [0.25, 0.3) is 17.3 Å². The standard InChI is InChI=1S/C24H23N3O2/c1-26-24(29)23(27-16-8-9-17-27)21(22(25-26)19-12-6-3-7-13-19)20(28)15-14-18-10-4-2-5-11-18/h2-7,10-15H,8-9,16-17H2,1H3/b15-14-. The van der Waals surface area contributed by atoms with E-state index in [0.29, 0.717) is 16.9 Å². The molecule has 1 fully saturated rings. The number of aromatic nitrogens is 2. The zero-order chi connectivity index (χ0) is 20.2. The van der Waals surface area contributed by atoms with Gasteiger partial charge < -0.3 is 4.90 Å². The number of hydrogen-bond acceptors (Lipinski definition) is 4. The van der Waals surface area contributed by atoms with Crippen molar-refractivity contribution in [2.45, 2.75) is 12.8 Å². The van der Waals surface area contributed by atoms with Gasteiger partial charge in [-0.3, -0.25) is 9.59 Å². The van der Waals surface area contributed by atoms with Crippen molar-refractivity contribution in [3.63, 3.8) is 0 Å². The van der Waals surface area contributed by atoms with Gasteiger partial charge in [-0.05, 0) is 24.5 Å². The number of rotatable bonds is 5. The minimum Gasteiger partial charge on any atom is -0.366 e. The largest absolute Gasteiger partial charge is 0.366 e. The second kappa shape index (κ2) is 8.27. The Morgan fingerprint density at radius 3 is 2.24 bits per heavy atom. The van der Waals surface area contributed by atoms with Gasteiger partial charge in [0.05, 0.1) is 5.56 Å². The Kier molecular flexibility index (Phi) is 5.38. The fourth-order valence-corrected chi connectivity index (χ4v) is 3.70. The third kappa shape index (κ3) is 3.90. The molecule has 29 heavy (non-hydrogen) atoms. The van der Waals surface area contributed by atoms with E-state index in [-0.39, 0.29) is 11.3 Å². The quantitative estimate of drug-likeness (QED) is 0.493. The maximum Gasteiger partial charge on any atom is 0.290 e. The molecule has 0 bridgehead atoms. The van der Waals surface area contributed by atoms with E-state index in [4.69, 9.17) is 0 Å². The van der Waals surface area contributed by atoms with E-state index in [0.717, 1.165) is 37.1 Å². The molecule has 1 aromatic heterocycles. The number of anilines is 1. The SMILES string of the molecule is Cn1nc(-c2ccccc2)c(C(=O)/C=C\c2ccccc2)c(N2CCCC2)c1=O. The molecule has 5 heteroatoms. The predicted molar refractivity (Wildman–Crippen MR) is 116 cm³/mol. The van der Waals surface area contributed by atoms with Gasteiger partial charge in [0.25, 0.3) is 5.56 Å². The number of benzene rings is 2. The van der Waals surface area contributed by atoms with Crippen molar-refractivity contribution in [2.24, 2.45) is 7.05 Å². The molecule has 3 aromatic rings. The van der Waals surface area contributed by atoms with Gasteiger partial charge in [0.1, 0.15) is 11.4 Å². The highest BCUT2D eigenvalue weighted by Crippen LogP contribution is 2.29. The maximum absolute atomic E-state index is 13.4. The van der Waals surface area contributed by atoms with Gasteiger partial charge in [0, 0.05) is 25.7 Å². The van der Waals surface area contributed by atoms with E-state index >= 15 is 0 Å². The summed E-state index contributed by atoms with van der Waals surface area (Å²) in [6.07, 6.45) is 5.35. The van der Waals surface area contributed by atoms with E-state index < -0.39 is 0 Å². The summed E-state index contributed by atoms with van der Waals surface area (Å²) in [5.41, 5.74) is 2.90. The summed E-state index contributed by atoms with van der Waals surface area (Å²) in [7, 11) is 1.64. The first-order chi connectivity index (χ1) is 14.1. The lowest BCUT2D eigenvalue weighted by atomic mass is 10.00. The van der Waals surface area contributed by atoms with E-state index in [1.54, 1.807) is 13.1 Å². The van der Waals surface area contributed by atoms with Crippen LogP contribution in [0.1, 0.15) is 28.8 Å². The normalized spacial score (nSPS) is 13.9. The van der Waals surface area contributed by atoms with E-state index in [1.807, 2.05) is 65.6 Å². The summed E-state index contributed by atoms with van der Waals surface area (Å²) >= 11 is 0. The molecule has 1 aliphatic rings. The highest BCUT2D eigenvalue weighted by Gasteiger charge is 2.27. The summed E-state index contributed by atoms with van der Waals surface area (Å²) in [5, 5.41) is 4.47. The van der Waals surface area contributed by atoms with Gasteiger partial charge in [0.15, 0.2) is 5.78 Å². The smallest absolute Gasteiger partial charge is 0.290 e. The third-order valence-corrected chi connectivity index (χ3v) is 5.16. The Hall–Kier alpha value is -3.47. The first kappa shape index (κ1) is 18.9. The molecule has 2 aromatic carbocycles. The lowest BCUT2D eigenvalue weighted by molar-refractivity contribution is 0.104. The molecule has 2 heterocycles. The van der Waals surface area contributed by atoms with Gasteiger partial charge >= 0.3 is 0 Å². The van der Waals surface area contributed by atoms with Crippen molar-refractivity contribution in [3.05, 3.63) is 88.2 Å². The van der Waals surface area contributed by atoms with Gasteiger partial charge in [-0.1, -0.05) is 66.7 Å². The first-order valence-corrected chi connectivity index (χ1v) is 9.84. The number of carbonyl (C=O) groups excluding carboxylic acids is 1. The summed E-state index contributed by atoms with van der Waals surface area (Å²) in [6, 6.07) is 19.2. The van der Waals surface area contributed by atoms with E-state index in [1.165, 1.54) is 10.8 Å². The molecule has 1 aliphatic heterocycles. The van der Waals surface area contributed by atoms with Crippen molar-refractivity contribution in [2.75, 3.05) is 18.0 Å². The van der Waals surface area contributed by atoms with Crippen molar-refractivity contribution >= 4 is 17.5 Å². The van der Waals surface area contributed by atoms with Gasteiger partial charge in [-0.15, -0.1) is 0 Å². The van der Waals surface area contributed by atoms with Crippen molar-refractivity contribution < 1.29 is 4.79 Å². The van der Waals surface area contributed by atoms with Crippen LogP contribution in [0.15, 0.2) is 71.5 Å². The zero-order valence-electron chi connectivity index (χ0n) is 16.4. The highest BCUT2D eigenvalue weighted by atomic mass is 16.1. The number of ketones is 1. The molecule has 1 saturated heterocycles. The average molecular weight is 385 g/mol. The van der Waals surface area contributed by atoms with E-state index in [2.05, 4.69) is 5.10 Å². The zero-order valence-corrected chi connectivity index (χ0v) is 16.4. The Bertz CT molecular complexity index is 1100. The molecule has 5 nitrogen and oxygen atoms in total. The number of nitrogens with zero attached hydrogens (tertiary/aromatic N) is 3. The van der Waals surface area contributed by atoms with Crippen molar-refractivity contribution in [1.82, 2.24) is 9.78 Å². The molecule has 0 radical (unpaired) electrons. The number of hydrogen-bond donors (Lipinski definition) is 0. The van der Waals surface area contributed by atoms with Crippen LogP contribution in [-0.2, 0) is 7.05 Å². The number of aryl methyl sites for hydroxylation is 1. The van der Waals surface area contributed by atoms with Crippen molar-refractivity contribution in [3.8, 4) is 11.3 Å². The fraction of sp³-hybridized carbons (Fsp3) is 0.208. The van der Waals surface area contributed by atoms with Crippen LogP contribution < -0.4 is 10.5 Å². The monoisotopic (exact) mass is 385 g/mol. The van der Waals surface area contributed by atoms with Crippen LogP contribution >= 0.6 is 0 Å². The maximum atomic E-state index is 13.4. The minimum atomic E-state index is -0.233. The molecular weight excluding hydrogens is 362 g/mol. The van der Waals surface area contributed by atoms with Crippen LogP contribution in [0.4, 0.5) is 5.69 Å². The lowest BCUT2D eigenvalue weighted by Crippen LogP contribution is -2.33. The second-order valence-electron chi connectivity index (χ2n) is 7.17. The van der Waals surface area contributed by atoms with Crippen LogP contribution in [0.5, 0.6) is 0 Å². The summed E-state index contributed by atoms with van der Waals surface area (Å²) in [4.78, 5) is 28.4. The third-order valence-electron chi connectivity index (χ3n) is 5.16. The Balaban J connectivity index is 1.89. The minimum absolute atomic E-state index is 0.209. The van der Waals surface area contributed by atoms with Gasteiger partial charge in [-0.2, -0.15) is 5.10 Å². The highest BCUT2D eigenvalue weighted by molar-refractivity contribution is 6.14.